The van der Waals surface area contributed by atoms with Crippen molar-refractivity contribution in [1.29, 1.82) is 0 Å². The zero-order valence-corrected chi connectivity index (χ0v) is 10.6. The average molecular weight is 250 g/mol. The molecule has 0 aromatic heterocycles. The molecule has 0 aliphatic carbocycles. The molecule has 2 nitrogen and oxygen atoms in total. The van der Waals surface area contributed by atoms with Gasteiger partial charge in [-0.05, 0) is 32.9 Å². The Hall–Kier alpha value is -0.550. The normalized spacial score (nSPS) is 22.1. The van der Waals surface area contributed by atoms with Crippen molar-refractivity contribution in [2.75, 3.05) is 26.7 Å². The first-order valence-corrected chi connectivity index (χ1v) is 6.01. The predicted molar refractivity (Wildman–Crippen MR) is 62.9 cm³/mol. The lowest BCUT2D eigenvalue weighted by Crippen LogP contribution is -2.43. The molecule has 0 bridgehead atoms. The first-order valence-electron chi connectivity index (χ1n) is 6.01. The van der Waals surface area contributed by atoms with Crippen molar-refractivity contribution in [2.24, 2.45) is 5.92 Å². The lowest BCUT2D eigenvalue weighted by Gasteiger charge is -2.35. The number of nitrogens with zero attached hydrogens (tertiary/aromatic N) is 1. The van der Waals surface area contributed by atoms with E-state index in [1.165, 1.54) is 6.08 Å². The number of halogens is 3. The molecular formula is C12H21F3N2. The van der Waals surface area contributed by atoms with Gasteiger partial charge in [-0.3, -0.25) is 4.90 Å². The predicted octanol–water partition coefficient (Wildman–Crippen LogP) is 2.42. The maximum absolute atomic E-state index is 12.5. The summed E-state index contributed by atoms with van der Waals surface area (Å²) in [4.78, 5) is 2.11. The number of rotatable bonds is 4. The summed E-state index contributed by atoms with van der Waals surface area (Å²) in [5.74, 6) is 0.431. The molecule has 1 rings (SSSR count). The zero-order chi connectivity index (χ0) is 13.1. The number of hydrogen-bond acceptors (Lipinski definition) is 2. The van der Waals surface area contributed by atoms with Gasteiger partial charge in [0.2, 0.25) is 0 Å². The van der Waals surface area contributed by atoms with Gasteiger partial charge in [-0.25, -0.2) is 0 Å². The van der Waals surface area contributed by atoms with Crippen LogP contribution in [0.1, 0.15) is 20.3 Å². The molecule has 0 aromatic carbocycles. The third kappa shape index (κ3) is 4.00. The molecule has 1 aliphatic rings. The van der Waals surface area contributed by atoms with Crippen molar-refractivity contribution in [1.82, 2.24) is 10.2 Å². The Morgan fingerprint density at radius 1 is 1.41 bits per heavy atom. The molecule has 1 heterocycles. The third-order valence-electron chi connectivity index (χ3n) is 3.53. The Labute approximate surface area is 101 Å². The Balaban J connectivity index is 2.54. The van der Waals surface area contributed by atoms with Crippen LogP contribution in [0.2, 0.25) is 0 Å². The van der Waals surface area contributed by atoms with Crippen molar-refractivity contribution in [2.45, 2.75) is 32.5 Å². The molecule has 0 fully saturated rings. The molecule has 0 amide bonds. The van der Waals surface area contributed by atoms with Crippen LogP contribution in [0.3, 0.4) is 0 Å². The van der Waals surface area contributed by atoms with Gasteiger partial charge in [0.1, 0.15) is 0 Å². The highest BCUT2D eigenvalue weighted by molar-refractivity contribution is 5.13. The topological polar surface area (TPSA) is 15.3 Å². The highest BCUT2D eigenvalue weighted by Gasteiger charge is 2.35. The Morgan fingerprint density at radius 3 is 2.47 bits per heavy atom. The Bertz CT molecular complexity index is 273. The van der Waals surface area contributed by atoms with E-state index in [0.717, 1.165) is 6.54 Å². The molecule has 0 saturated carbocycles. The van der Waals surface area contributed by atoms with Crippen LogP contribution in [0, 0.1) is 5.92 Å². The fraction of sp³-hybridized carbons (Fsp3) is 0.833. The summed E-state index contributed by atoms with van der Waals surface area (Å²) >= 11 is 0. The first kappa shape index (κ1) is 14.5. The molecule has 17 heavy (non-hydrogen) atoms. The molecule has 5 heteroatoms. The van der Waals surface area contributed by atoms with Gasteiger partial charge in [0, 0.05) is 24.7 Å². The van der Waals surface area contributed by atoms with Gasteiger partial charge in [-0.1, -0.05) is 13.0 Å². The van der Waals surface area contributed by atoms with Gasteiger partial charge < -0.3 is 5.32 Å². The summed E-state index contributed by atoms with van der Waals surface area (Å²) < 4.78 is 37.4. The van der Waals surface area contributed by atoms with Gasteiger partial charge in [0.25, 0.3) is 0 Å². The summed E-state index contributed by atoms with van der Waals surface area (Å²) in [6, 6.07) is 0.300. The maximum atomic E-state index is 12.5. The van der Waals surface area contributed by atoms with Crippen LogP contribution in [0.15, 0.2) is 11.6 Å². The van der Waals surface area contributed by atoms with E-state index in [1.54, 1.807) is 0 Å². The highest BCUT2D eigenvalue weighted by Crippen LogP contribution is 2.31. The van der Waals surface area contributed by atoms with Crippen LogP contribution in [0.5, 0.6) is 0 Å². The fourth-order valence-corrected chi connectivity index (χ4v) is 2.16. The van der Waals surface area contributed by atoms with E-state index < -0.39 is 6.18 Å². The minimum Gasteiger partial charge on any atom is -0.319 e. The van der Waals surface area contributed by atoms with Gasteiger partial charge in [-0.15, -0.1) is 0 Å². The maximum Gasteiger partial charge on any atom is 0.412 e. The Kier molecular flexibility index (Phi) is 5.01. The third-order valence-corrected chi connectivity index (χ3v) is 3.53. The van der Waals surface area contributed by atoms with Gasteiger partial charge >= 0.3 is 6.18 Å². The van der Waals surface area contributed by atoms with E-state index in [-0.39, 0.29) is 12.0 Å². The number of alkyl halides is 3. The standard InChI is InChI=1S/C12H21F3N2/c1-9(8-16-3)10(2)17-6-4-11(5-7-17)12(13,14)15/h4,9-10,16H,5-8H2,1-3H3. The van der Waals surface area contributed by atoms with E-state index in [4.69, 9.17) is 0 Å². The second-order valence-corrected chi connectivity index (χ2v) is 4.75. The zero-order valence-electron chi connectivity index (χ0n) is 10.6. The molecular weight excluding hydrogens is 229 g/mol. The lowest BCUT2D eigenvalue weighted by molar-refractivity contribution is -0.0965. The summed E-state index contributed by atoms with van der Waals surface area (Å²) in [6.45, 7) is 5.98. The van der Waals surface area contributed by atoms with E-state index in [0.29, 0.717) is 25.0 Å². The van der Waals surface area contributed by atoms with E-state index in [2.05, 4.69) is 24.1 Å². The molecule has 2 unspecified atom stereocenters. The van der Waals surface area contributed by atoms with Crippen LogP contribution in [-0.4, -0.2) is 43.8 Å². The van der Waals surface area contributed by atoms with Crippen molar-refractivity contribution >= 4 is 0 Å². The fourth-order valence-electron chi connectivity index (χ4n) is 2.16. The van der Waals surface area contributed by atoms with Crippen LogP contribution in [0.25, 0.3) is 0 Å². The SMILES string of the molecule is CNCC(C)C(C)N1CC=C(C(F)(F)F)CC1. The summed E-state index contributed by atoms with van der Waals surface area (Å²) in [6.07, 6.45) is -2.71. The Morgan fingerprint density at radius 2 is 2.06 bits per heavy atom. The van der Waals surface area contributed by atoms with Crippen LogP contribution >= 0.6 is 0 Å². The number of nitrogens with one attached hydrogen (secondary N) is 1. The van der Waals surface area contributed by atoms with Gasteiger partial charge in [0.15, 0.2) is 0 Å². The van der Waals surface area contributed by atoms with E-state index >= 15 is 0 Å². The largest absolute Gasteiger partial charge is 0.412 e. The summed E-state index contributed by atoms with van der Waals surface area (Å²) in [5, 5.41) is 3.10. The quantitative estimate of drug-likeness (QED) is 0.771. The highest BCUT2D eigenvalue weighted by atomic mass is 19.4. The molecule has 2 atom stereocenters. The van der Waals surface area contributed by atoms with Crippen LogP contribution in [0.4, 0.5) is 13.2 Å². The minimum atomic E-state index is -4.15. The molecule has 0 aromatic rings. The molecule has 0 spiro atoms. The summed E-state index contributed by atoms with van der Waals surface area (Å²) in [7, 11) is 1.89. The van der Waals surface area contributed by atoms with E-state index in [1.807, 2.05) is 7.05 Å². The second kappa shape index (κ2) is 5.87. The lowest BCUT2D eigenvalue weighted by atomic mass is 9.99. The average Bonchev–Trinajstić information content (AvgIpc) is 2.27. The molecule has 0 radical (unpaired) electrons. The second-order valence-electron chi connectivity index (χ2n) is 4.75. The minimum absolute atomic E-state index is 0.111. The molecule has 0 saturated heterocycles. The van der Waals surface area contributed by atoms with Gasteiger partial charge in [0.05, 0.1) is 0 Å². The smallest absolute Gasteiger partial charge is 0.319 e. The molecule has 100 valence electrons. The summed E-state index contributed by atoms with van der Waals surface area (Å²) in [5.41, 5.74) is -0.373. The van der Waals surface area contributed by atoms with Crippen molar-refractivity contribution < 1.29 is 13.2 Å². The van der Waals surface area contributed by atoms with Crippen molar-refractivity contribution in [3.8, 4) is 0 Å². The van der Waals surface area contributed by atoms with Crippen LogP contribution in [-0.2, 0) is 0 Å². The molecule has 1 aliphatic heterocycles. The monoisotopic (exact) mass is 250 g/mol. The van der Waals surface area contributed by atoms with E-state index in [9.17, 15) is 13.2 Å². The van der Waals surface area contributed by atoms with Crippen LogP contribution < -0.4 is 5.32 Å². The first-order chi connectivity index (χ1) is 7.86. The van der Waals surface area contributed by atoms with Gasteiger partial charge in [-0.2, -0.15) is 13.2 Å². The van der Waals surface area contributed by atoms with Crippen molar-refractivity contribution in [3.63, 3.8) is 0 Å². The van der Waals surface area contributed by atoms with Crippen molar-refractivity contribution in [3.05, 3.63) is 11.6 Å². The number of hydrogen-bond donors (Lipinski definition) is 1. The molecule has 1 N–H and O–H groups in total.